The molecule has 0 bridgehead atoms. The van der Waals surface area contributed by atoms with Crippen LogP contribution in [0.2, 0.25) is 0 Å². The third-order valence-electron chi connectivity index (χ3n) is 3.63. The average molecular weight is 430 g/mol. The van der Waals surface area contributed by atoms with Crippen molar-refractivity contribution in [3.63, 3.8) is 0 Å². The first-order valence-corrected chi connectivity index (χ1v) is 8.40. The highest BCUT2D eigenvalue weighted by molar-refractivity contribution is 14.1. The van der Waals surface area contributed by atoms with Gasteiger partial charge in [0.2, 0.25) is 0 Å². The number of benzene rings is 3. The Kier molecular flexibility index (Phi) is 4.76. The highest BCUT2D eigenvalue weighted by atomic mass is 127. The summed E-state index contributed by atoms with van der Waals surface area (Å²) in [5.74, 6) is 0.616. The second-order valence-corrected chi connectivity index (χ2v) is 6.41. The summed E-state index contributed by atoms with van der Waals surface area (Å²) in [7, 11) is 0. The second kappa shape index (κ2) is 6.97. The van der Waals surface area contributed by atoms with Crippen LogP contribution >= 0.6 is 22.6 Å². The van der Waals surface area contributed by atoms with E-state index in [0.29, 0.717) is 0 Å². The molecule has 3 nitrogen and oxygen atoms in total. The average Bonchev–Trinajstić information content (AvgIpc) is 2.58. The fraction of sp³-hybridized carbons (Fsp3) is 0. The molecule has 0 saturated heterocycles. The molecule has 0 aromatic heterocycles. The first-order valence-electron chi connectivity index (χ1n) is 7.32. The number of phenols is 3. The summed E-state index contributed by atoms with van der Waals surface area (Å²) in [5, 5.41) is 28.9. The first-order chi connectivity index (χ1) is 11.5. The zero-order chi connectivity index (χ0) is 17.1. The van der Waals surface area contributed by atoms with E-state index in [1.807, 2.05) is 30.3 Å². The van der Waals surface area contributed by atoms with E-state index in [0.717, 1.165) is 25.8 Å². The molecule has 0 aliphatic rings. The predicted molar refractivity (Wildman–Crippen MR) is 104 cm³/mol. The lowest BCUT2D eigenvalue weighted by Crippen LogP contribution is -1.91. The summed E-state index contributed by atoms with van der Waals surface area (Å²) >= 11 is 2.25. The molecule has 0 saturated carbocycles. The van der Waals surface area contributed by atoms with E-state index in [2.05, 4.69) is 22.6 Å². The summed E-state index contributed by atoms with van der Waals surface area (Å²) < 4.78 is 0.958. The number of hydrogen-bond acceptors (Lipinski definition) is 3. The van der Waals surface area contributed by atoms with Crippen LogP contribution in [0.3, 0.4) is 0 Å². The van der Waals surface area contributed by atoms with Gasteiger partial charge in [0.05, 0.1) is 0 Å². The van der Waals surface area contributed by atoms with Crippen molar-refractivity contribution < 1.29 is 15.3 Å². The van der Waals surface area contributed by atoms with Crippen LogP contribution in [0.5, 0.6) is 17.2 Å². The van der Waals surface area contributed by atoms with Crippen LogP contribution in [0.1, 0.15) is 16.7 Å². The van der Waals surface area contributed by atoms with Gasteiger partial charge < -0.3 is 15.3 Å². The van der Waals surface area contributed by atoms with Crippen LogP contribution in [-0.4, -0.2) is 15.3 Å². The highest BCUT2D eigenvalue weighted by Gasteiger charge is 2.13. The van der Waals surface area contributed by atoms with Crippen molar-refractivity contribution in [3.05, 3.63) is 89.5 Å². The molecule has 0 radical (unpaired) electrons. The van der Waals surface area contributed by atoms with Gasteiger partial charge in [-0.25, -0.2) is 0 Å². The van der Waals surface area contributed by atoms with Gasteiger partial charge in [-0.1, -0.05) is 36.4 Å². The molecule has 0 heterocycles. The molecule has 0 amide bonds. The molecular weight excluding hydrogens is 415 g/mol. The van der Waals surface area contributed by atoms with Crippen LogP contribution in [-0.2, 0) is 0 Å². The second-order valence-electron chi connectivity index (χ2n) is 5.33. The van der Waals surface area contributed by atoms with Crippen LogP contribution in [0.15, 0.2) is 72.8 Å². The predicted octanol–water partition coefficient (Wildman–Crippen LogP) is 5.16. The number of aromatic hydroxyl groups is 3. The fourth-order valence-corrected chi connectivity index (χ4v) is 3.42. The Hall–Kier alpha value is -2.47. The summed E-state index contributed by atoms with van der Waals surface area (Å²) in [6.45, 7) is 0. The number of halogens is 1. The van der Waals surface area contributed by atoms with E-state index in [4.69, 9.17) is 0 Å². The van der Waals surface area contributed by atoms with Crippen molar-refractivity contribution in [3.8, 4) is 17.2 Å². The Morgan fingerprint density at radius 3 is 1.54 bits per heavy atom. The van der Waals surface area contributed by atoms with Crippen LogP contribution in [0.25, 0.3) is 9.15 Å². The summed E-state index contributed by atoms with van der Waals surface area (Å²) in [5.41, 5.74) is 3.73. The van der Waals surface area contributed by atoms with E-state index in [-0.39, 0.29) is 17.2 Å². The van der Waals surface area contributed by atoms with E-state index in [1.54, 1.807) is 42.5 Å². The van der Waals surface area contributed by atoms with Gasteiger partial charge in [-0.15, -0.1) is 0 Å². The molecular formula is C20H15IO3. The van der Waals surface area contributed by atoms with Crippen molar-refractivity contribution in [1.29, 1.82) is 0 Å². The minimum Gasteiger partial charge on any atom is -0.508 e. The minimum atomic E-state index is 0.205. The van der Waals surface area contributed by atoms with E-state index >= 15 is 0 Å². The molecule has 0 aliphatic heterocycles. The maximum Gasteiger partial charge on any atom is 0.116 e. The minimum absolute atomic E-state index is 0.205. The van der Waals surface area contributed by atoms with Gasteiger partial charge in [-0.2, -0.15) is 0 Å². The zero-order valence-electron chi connectivity index (χ0n) is 12.6. The summed E-state index contributed by atoms with van der Waals surface area (Å²) in [6, 6.07) is 21.0. The van der Waals surface area contributed by atoms with Crippen LogP contribution < -0.4 is 0 Å². The van der Waals surface area contributed by atoms with Gasteiger partial charge >= 0.3 is 0 Å². The van der Waals surface area contributed by atoms with Crippen molar-refractivity contribution in [2.45, 2.75) is 0 Å². The molecule has 0 unspecified atom stereocenters. The molecule has 3 aromatic carbocycles. The normalized spacial score (nSPS) is 10.4. The van der Waals surface area contributed by atoms with E-state index in [9.17, 15) is 15.3 Å². The highest BCUT2D eigenvalue weighted by Crippen LogP contribution is 2.38. The van der Waals surface area contributed by atoms with Crippen LogP contribution in [0, 0.1) is 0 Å². The smallest absolute Gasteiger partial charge is 0.116 e. The molecule has 3 N–H and O–H groups in total. The Bertz CT molecular complexity index is 834. The molecule has 120 valence electrons. The van der Waals surface area contributed by atoms with Crippen LogP contribution in [0.4, 0.5) is 0 Å². The van der Waals surface area contributed by atoms with E-state index < -0.39 is 0 Å². The molecule has 3 aromatic rings. The molecule has 0 spiro atoms. The summed E-state index contributed by atoms with van der Waals surface area (Å²) in [6.07, 6.45) is 0. The Labute approximate surface area is 153 Å². The first kappa shape index (κ1) is 16.4. The Morgan fingerprint density at radius 1 is 0.583 bits per heavy atom. The van der Waals surface area contributed by atoms with Gasteiger partial charge in [-0.05, 0) is 75.7 Å². The van der Waals surface area contributed by atoms with Crippen molar-refractivity contribution in [1.82, 2.24) is 0 Å². The zero-order valence-corrected chi connectivity index (χ0v) is 14.8. The van der Waals surface area contributed by atoms with Crippen molar-refractivity contribution in [2.24, 2.45) is 0 Å². The fourth-order valence-electron chi connectivity index (χ4n) is 2.46. The maximum atomic E-state index is 9.77. The molecule has 0 fully saturated rings. The molecule has 0 aliphatic carbocycles. The van der Waals surface area contributed by atoms with Crippen molar-refractivity contribution in [2.75, 3.05) is 0 Å². The van der Waals surface area contributed by atoms with Gasteiger partial charge in [0, 0.05) is 9.15 Å². The van der Waals surface area contributed by atoms with Gasteiger partial charge in [0.15, 0.2) is 0 Å². The quantitative estimate of drug-likeness (QED) is 0.398. The third kappa shape index (κ3) is 3.54. The largest absolute Gasteiger partial charge is 0.508 e. The lowest BCUT2D eigenvalue weighted by Gasteiger charge is -2.13. The number of hydrogen-bond donors (Lipinski definition) is 3. The van der Waals surface area contributed by atoms with Crippen molar-refractivity contribution >= 4 is 31.7 Å². The monoisotopic (exact) mass is 430 g/mol. The topological polar surface area (TPSA) is 60.7 Å². The number of rotatable bonds is 3. The Morgan fingerprint density at radius 2 is 1.08 bits per heavy atom. The van der Waals surface area contributed by atoms with Gasteiger partial charge in [-0.3, -0.25) is 0 Å². The SMILES string of the molecule is Oc1ccc(C(=C(I)c2cccc(O)c2)c2ccc(O)cc2)cc1. The molecule has 4 heteroatoms. The Balaban J connectivity index is 2.23. The lowest BCUT2D eigenvalue weighted by molar-refractivity contribution is 0.474. The molecule has 0 atom stereocenters. The third-order valence-corrected chi connectivity index (χ3v) is 4.79. The standard InChI is InChI=1S/C20H15IO3/c21-20(15-2-1-3-18(24)12-15)19(13-4-8-16(22)9-5-13)14-6-10-17(23)11-7-14/h1-12,22-24H. The summed E-state index contributed by atoms with van der Waals surface area (Å²) in [4.78, 5) is 0. The maximum absolute atomic E-state index is 9.77. The lowest BCUT2D eigenvalue weighted by atomic mass is 9.95. The molecule has 24 heavy (non-hydrogen) atoms. The van der Waals surface area contributed by atoms with Gasteiger partial charge in [0.1, 0.15) is 17.2 Å². The van der Waals surface area contributed by atoms with Gasteiger partial charge in [0.25, 0.3) is 0 Å². The number of phenolic OH excluding ortho intramolecular Hbond substituents is 3. The van der Waals surface area contributed by atoms with E-state index in [1.165, 1.54) is 0 Å². The molecule has 3 rings (SSSR count).